The van der Waals surface area contributed by atoms with Crippen molar-refractivity contribution in [2.75, 3.05) is 33.5 Å². The van der Waals surface area contributed by atoms with Crippen molar-refractivity contribution in [2.45, 2.75) is 19.3 Å². The molecule has 0 aliphatic carbocycles. The molecular formula is C16H23ClN2O3. The Balaban J connectivity index is 0.00000176. The highest BCUT2D eigenvalue weighted by Crippen LogP contribution is 2.33. The van der Waals surface area contributed by atoms with Gasteiger partial charge in [0.25, 0.3) is 5.91 Å². The number of nitrogens with zero attached hydrogens (tertiary/aromatic N) is 1. The van der Waals surface area contributed by atoms with Gasteiger partial charge in [-0.1, -0.05) is 0 Å². The molecule has 2 aliphatic rings. The zero-order chi connectivity index (χ0) is 14.7. The molecule has 0 aromatic heterocycles. The number of halogens is 1. The lowest BCUT2D eigenvalue weighted by Gasteiger charge is -2.32. The van der Waals surface area contributed by atoms with E-state index in [0.717, 1.165) is 44.1 Å². The molecule has 122 valence electrons. The molecule has 6 heteroatoms. The van der Waals surface area contributed by atoms with Crippen molar-refractivity contribution < 1.29 is 14.3 Å². The summed E-state index contributed by atoms with van der Waals surface area (Å²) >= 11 is 0. The first-order valence-corrected chi connectivity index (χ1v) is 7.61. The van der Waals surface area contributed by atoms with Crippen LogP contribution in [0.4, 0.5) is 0 Å². The third-order valence-electron chi connectivity index (χ3n) is 4.32. The summed E-state index contributed by atoms with van der Waals surface area (Å²) in [6.07, 6.45) is 3.39. The lowest BCUT2D eigenvalue weighted by molar-refractivity contribution is 0.0686. The first-order valence-electron chi connectivity index (χ1n) is 7.61. The van der Waals surface area contributed by atoms with E-state index in [2.05, 4.69) is 5.32 Å². The highest BCUT2D eigenvalue weighted by Gasteiger charge is 2.24. The molecule has 2 aliphatic heterocycles. The summed E-state index contributed by atoms with van der Waals surface area (Å²) in [6, 6.07) is 5.43. The van der Waals surface area contributed by atoms with E-state index in [0.29, 0.717) is 11.3 Å². The van der Waals surface area contributed by atoms with Crippen molar-refractivity contribution in [3.05, 3.63) is 23.8 Å². The number of piperidine rings is 1. The van der Waals surface area contributed by atoms with Crippen molar-refractivity contribution in [1.82, 2.24) is 10.2 Å². The quantitative estimate of drug-likeness (QED) is 0.922. The number of hydrogen-bond acceptors (Lipinski definition) is 4. The Morgan fingerprint density at radius 2 is 2.00 bits per heavy atom. The van der Waals surface area contributed by atoms with Crippen LogP contribution in [0.15, 0.2) is 18.2 Å². The molecule has 0 saturated carbocycles. The van der Waals surface area contributed by atoms with Crippen LogP contribution in [0, 0.1) is 5.92 Å². The fourth-order valence-corrected chi connectivity index (χ4v) is 2.99. The number of carbonyl (C=O) groups excluding carboxylic acids is 1. The van der Waals surface area contributed by atoms with E-state index in [4.69, 9.17) is 9.47 Å². The summed E-state index contributed by atoms with van der Waals surface area (Å²) in [6.45, 7) is 2.99. The van der Waals surface area contributed by atoms with Crippen molar-refractivity contribution in [3.8, 4) is 11.5 Å². The minimum atomic E-state index is 0. The number of ether oxygens (including phenoxy) is 2. The molecule has 0 radical (unpaired) electrons. The van der Waals surface area contributed by atoms with Crippen molar-refractivity contribution in [1.29, 1.82) is 0 Å². The van der Waals surface area contributed by atoms with Crippen molar-refractivity contribution >= 4 is 18.3 Å². The standard InChI is InChI=1S/C16H22N2O3.ClH/c1-17-7-4-12-5-8-18(9-6-12)16(19)13-2-3-14-15(10-13)21-11-20-14;/h2-3,10,12,17H,4-9,11H2,1H3;1H. The molecule has 22 heavy (non-hydrogen) atoms. The Bertz CT molecular complexity index is 516. The van der Waals surface area contributed by atoms with E-state index in [1.54, 1.807) is 6.07 Å². The van der Waals surface area contributed by atoms with Gasteiger partial charge in [-0.05, 0) is 57.0 Å². The number of hydrogen-bond donors (Lipinski definition) is 1. The summed E-state index contributed by atoms with van der Waals surface area (Å²) in [5.41, 5.74) is 0.688. The molecule has 0 spiro atoms. The third-order valence-corrected chi connectivity index (χ3v) is 4.32. The second kappa shape index (κ2) is 7.70. The normalized spacial score (nSPS) is 17.2. The van der Waals surface area contributed by atoms with E-state index < -0.39 is 0 Å². The molecule has 1 fully saturated rings. The van der Waals surface area contributed by atoms with Gasteiger partial charge in [0, 0.05) is 18.7 Å². The Kier molecular flexibility index (Phi) is 5.91. The molecule has 1 N–H and O–H groups in total. The minimum absolute atomic E-state index is 0. The second-order valence-electron chi connectivity index (χ2n) is 5.70. The van der Waals surface area contributed by atoms with Gasteiger partial charge in [0.2, 0.25) is 6.79 Å². The molecule has 1 saturated heterocycles. The highest BCUT2D eigenvalue weighted by molar-refractivity contribution is 5.95. The SMILES string of the molecule is CNCCC1CCN(C(=O)c2ccc3c(c2)OCO3)CC1.Cl. The number of likely N-dealkylation sites (tertiary alicyclic amines) is 1. The van der Waals surface area contributed by atoms with Crippen LogP contribution in [-0.2, 0) is 0 Å². The predicted octanol–water partition coefficient (Wildman–Crippen LogP) is 2.30. The first-order chi connectivity index (χ1) is 10.3. The van der Waals surface area contributed by atoms with Gasteiger partial charge in [0.15, 0.2) is 11.5 Å². The van der Waals surface area contributed by atoms with E-state index in [9.17, 15) is 4.79 Å². The maximum atomic E-state index is 12.5. The van der Waals surface area contributed by atoms with Gasteiger partial charge in [-0.25, -0.2) is 0 Å². The molecule has 3 rings (SSSR count). The van der Waals surface area contributed by atoms with Crippen molar-refractivity contribution in [2.24, 2.45) is 5.92 Å². The lowest BCUT2D eigenvalue weighted by Crippen LogP contribution is -2.38. The largest absolute Gasteiger partial charge is 0.454 e. The molecule has 0 bridgehead atoms. The zero-order valence-corrected chi connectivity index (χ0v) is 13.7. The Hall–Kier alpha value is -1.46. The smallest absolute Gasteiger partial charge is 0.253 e. The van der Waals surface area contributed by atoms with Crippen LogP contribution in [0.25, 0.3) is 0 Å². The summed E-state index contributed by atoms with van der Waals surface area (Å²) in [5, 5.41) is 3.19. The predicted molar refractivity (Wildman–Crippen MR) is 87.0 cm³/mol. The van der Waals surface area contributed by atoms with Crippen molar-refractivity contribution in [3.63, 3.8) is 0 Å². The number of fused-ring (bicyclic) bond motifs is 1. The Morgan fingerprint density at radius 3 is 2.73 bits per heavy atom. The van der Waals surface area contributed by atoms with Gasteiger partial charge < -0.3 is 19.7 Å². The van der Waals surface area contributed by atoms with Gasteiger partial charge in [0.05, 0.1) is 0 Å². The zero-order valence-electron chi connectivity index (χ0n) is 12.8. The molecular weight excluding hydrogens is 304 g/mol. The van der Waals surface area contributed by atoms with E-state index >= 15 is 0 Å². The molecule has 1 amide bonds. The fraction of sp³-hybridized carbons (Fsp3) is 0.562. The van der Waals surface area contributed by atoms with Gasteiger partial charge >= 0.3 is 0 Å². The molecule has 1 aromatic rings. The van der Waals surface area contributed by atoms with E-state index in [1.165, 1.54) is 6.42 Å². The molecule has 5 nitrogen and oxygen atoms in total. The molecule has 1 aromatic carbocycles. The Morgan fingerprint density at radius 1 is 1.27 bits per heavy atom. The molecule has 2 heterocycles. The van der Waals surface area contributed by atoms with Crippen LogP contribution in [0.5, 0.6) is 11.5 Å². The van der Waals surface area contributed by atoms with Crippen LogP contribution >= 0.6 is 12.4 Å². The monoisotopic (exact) mass is 326 g/mol. The second-order valence-corrected chi connectivity index (χ2v) is 5.70. The highest BCUT2D eigenvalue weighted by atomic mass is 35.5. The third kappa shape index (κ3) is 3.65. The summed E-state index contributed by atoms with van der Waals surface area (Å²) < 4.78 is 10.6. The van der Waals surface area contributed by atoms with Crippen LogP contribution in [0.1, 0.15) is 29.6 Å². The fourth-order valence-electron chi connectivity index (χ4n) is 2.99. The number of nitrogens with one attached hydrogen (secondary N) is 1. The van der Waals surface area contributed by atoms with Crippen LogP contribution in [-0.4, -0.2) is 44.3 Å². The summed E-state index contributed by atoms with van der Waals surface area (Å²) in [4.78, 5) is 14.5. The maximum Gasteiger partial charge on any atom is 0.253 e. The number of rotatable bonds is 4. The topological polar surface area (TPSA) is 50.8 Å². The van der Waals surface area contributed by atoms with E-state index in [-0.39, 0.29) is 25.1 Å². The van der Waals surface area contributed by atoms with Gasteiger partial charge in [-0.3, -0.25) is 4.79 Å². The number of amides is 1. The average molecular weight is 327 g/mol. The van der Waals surface area contributed by atoms with Crippen LogP contribution in [0.3, 0.4) is 0 Å². The minimum Gasteiger partial charge on any atom is -0.454 e. The lowest BCUT2D eigenvalue weighted by atomic mass is 9.93. The molecule has 0 atom stereocenters. The summed E-state index contributed by atoms with van der Waals surface area (Å²) in [5.74, 6) is 2.22. The van der Waals surface area contributed by atoms with Crippen LogP contribution < -0.4 is 14.8 Å². The van der Waals surface area contributed by atoms with E-state index in [1.807, 2.05) is 24.1 Å². The average Bonchev–Trinajstić information content (AvgIpc) is 3.00. The van der Waals surface area contributed by atoms with Gasteiger partial charge in [-0.2, -0.15) is 0 Å². The summed E-state index contributed by atoms with van der Waals surface area (Å²) in [7, 11) is 1.98. The Labute approximate surface area is 137 Å². The number of carbonyl (C=O) groups is 1. The van der Waals surface area contributed by atoms with Gasteiger partial charge in [-0.15, -0.1) is 12.4 Å². The molecule has 0 unspecified atom stereocenters. The van der Waals surface area contributed by atoms with Gasteiger partial charge in [0.1, 0.15) is 0 Å². The van der Waals surface area contributed by atoms with Crippen LogP contribution in [0.2, 0.25) is 0 Å². The number of benzene rings is 1. The maximum absolute atomic E-state index is 12.5. The first kappa shape index (κ1) is 16.9.